The maximum absolute atomic E-state index is 5.79. The van der Waals surface area contributed by atoms with Gasteiger partial charge in [-0.15, -0.1) is 21.5 Å². The van der Waals surface area contributed by atoms with Crippen LogP contribution in [0.2, 0.25) is 0 Å². The SMILES string of the molecule is Brc1ccc(CSc2nnc(C3CCCCC3)o2)s1. The summed E-state index contributed by atoms with van der Waals surface area (Å²) in [5, 5.41) is 9.07. The summed E-state index contributed by atoms with van der Waals surface area (Å²) < 4.78 is 6.95. The fourth-order valence-electron chi connectivity index (χ4n) is 2.36. The first-order valence-electron chi connectivity index (χ1n) is 6.51. The van der Waals surface area contributed by atoms with Gasteiger partial charge in [-0.25, -0.2) is 0 Å². The standard InChI is InChI=1S/C13H15BrN2OS2/c14-11-7-6-10(19-11)8-18-13-16-15-12(17-13)9-4-2-1-3-5-9/h6-7,9H,1-5,8H2. The van der Waals surface area contributed by atoms with Crippen LogP contribution in [0.25, 0.3) is 0 Å². The molecule has 0 atom stereocenters. The Hall–Kier alpha value is -0.330. The lowest BCUT2D eigenvalue weighted by molar-refractivity contribution is 0.334. The quantitative estimate of drug-likeness (QED) is 0.701. The van der Waals surface area contributed by atoms with Crippen LogP contribution in [0, 0.1) is 0 Å². The third-order valence-electron chi connectivity index (χ3n) is 3.34. The number of aromatic nitrogens is 2. The average molecular weight is 359 g/mol. The van der Waals surface area contributed by atoms with Crippen LogP contribution in [0.15, 0.2) is 25.6 Å². The molecule has 6 heteroatoms. The van der Waals surface area contributed by atoms with E-state index in [2.05, 4.69) is 38.3 Å². The molecule has 0 amide bonds. The molecule has 0 spiro atoms. The number of hydrogen-bond acceptors (Lipinski definition) is 5. The first-order valence-corrected chi connectivity index (χ1v) is 9.11. The largest absolute Gasteiger partial charge is 0.416 e. The van der Waals surface area contributed by atoms with Gasteiger partial charge in [0.05, 0.1) is 3.79 Å². The molecule has 3 rings (SSSR count). The molecule has 2 heterocycles. The van der Waals surface area contributed by atoms with Crippen LogP contribution >= 0.6 is 39.0 Å². The summed E-state index contributed by atoms with van der Waals surface area (Å²) in [6.45, 7) is 0. The minimum atomic E-state index is 0.492. The van der Waals surface area contributed by atoms with Crippen molar-refractivity contribution < 1.29 is 4.42 Å². The Labute approximate surface area is 129 Å². The topological polar surface area (TPSA) is 38.9 Å². The number of thioether (sulfide) groups is 1. The number of nitrogens with zero attached hydrogens (tertiary/aromatic N) is 2. The van der Waals surface area contributed by atoms with Crippen molar-refractivity contribution in [1.82, 2.24) is 10.2 Å². The van der Waals surface area contributed by atoms with E-state index in [4.69, 9.17) is 4.42 Å². The second-order valence-corrected chi connectivity index (χ2v) is 8.21. The van der Waals surface area contributed by atoms with Gasteiger partial charge in [0.2, 0.25) is 5.89 Å². The first kappa shape index (κ1) is 13.6. The normalized spacial score (nSPS) is 16.9. The van der Waals surface area contributed by atoms with Gasteiger partial charge in [-0.1, -0.05) is 31.0 Å². The van der Waals surface area contributed by atoms with Gasteiger partial charge < -0.3 is 4.42 Å². The van der Waals surface area contributed by atoms with Gasteiger partial charge in [-0.2, -0.15) is 0 Å². The van der Waals surface area contributed by atoms with Crippen molar-refractivity contribution in [2.24, 2.45) is 0 Å². The number of hydrogen-bond donors (Lipinski definition) is 0. The highest BCUT2D eigenvalue weighted by Crippen LogP contribution is 2.34. The summed E-state index contributed by atoms with van der Waals surface area (Å²) in [5.74, 6) is 2.23. The highest BCUT2D eigenvalue weighted by Gasteiger charge is 2.21. The zero-order chi connectivity index (χ0) is 13.1. The molecule has 0 saturated heterocycles. The van der Waals surface area contributed by atoms with Crippen molar-refractivity contribution in [3.05, 3.63) is 26.7 Å². The van der Waals surface area contributed by atoms with Crippen LogP contribution in [0.5, 0.6) is 0 Å². The molecule has 1 aliphatic carbocycles. The van der Waals surface area contributed by atoms with Gasteiger partial charge in [0.25, 0.3) is 5.22 Å². The minimum Gasteiger partial charge on any atom is -0.416 e. The Morgan fingerprint density at radius 2 is 2.11 bits per heavy atom. The minimum absolute atomic E-state index is 0.492. The highest BCUT2D eigenvalue weighted by atomic mass is 79.9. The molecule has 3 nitrogen and oxygen atoms in total. The molecule has 19 heavy (non-hydrogen) atoms. The van der Waals surface area contributed by atoms with Gasteiger partial charge in [-0.05, 0) is 40.9 Å². The zero-order valence-electron chi connectivity index (χ0n) is 10.5. The molecule has 1 saturated carbocycles. The van der Waals surface area contributed by atoms with E-state index in [-0.39, 0.29) is 0 Å². The molecule has 1 aliphatic rings. The molecule has 2 aromatic rings. The molecule has 1 fully saturated rings. The summed E-state index contributed by atoms with van der Waals surface area (Å²) in [7, 11) is 0. The van der Waals surface area contributed by atoms with E-state index in [1.165, 1.54) is 37.0 Å². The van der Waals surface area contributed by atoms with Crippen LogP contribution < -0.4 is 0 Å². The van der Waals surface area contributed by atoms with Crippen LogP contribution in [-0.4, -0.2) is 10.2 Å². The molecule has 0 aliphatic heterocycles. The van der Waals surface area contributed by atoms with Crippen LogP contribution in [0.1, 0.15) is 48.8 Å². The van der Waals surface area contributed by atoms with Gasteiger partial charge in [0, 0.05) is 16.5 Å². The number of thiophene rings is 1. The second kappa shape index (κ2) is 6.41. The Kier molecular flexibility index (Phi) is 4.61. The summed E-state index contributed by atoms with van der Waals surface area (Å²) in [5.41, 5.74) is 0. The lowest BCUT2D eigenvalue weighted by Crippen LogP contribution is -2.04. The van der Waals surface area contributed by atoms with Crippen LogP contribution in [0.4, 0.5) is 0 Å². The van der Waals surface area contributed by atoms with E-state index in [1.807, 2.05) is 0 Å². The van der Waals surface area contributed by atoms with E-state index >= 15 is 0 Å². The lowest BCUT2D eigenvalue weighted by Gasteiger charge is -2.17. The van der Waals surface area contributed by atoms with Gasteiger partial charge in [0.1, 0.15) is 0 Å². The zero-order valence-corrected chi connectivity index (χ0v) is 13.7. The maximum atomic E-state index is 5.79. The molecule has 0 unspecified atom stereocenters. The predicted molar refractivity (Wildman–Crippen MR) is 81.7 cm³/mol. The van der Waals surface area contributed by atoms with Gasteiger partial charge in [-0.3, -0.25) is 0 Å². The summed E-state index contributed by atoms with van der Waals surface area (Å²) in [6, 6.07) is 4.20. The van der Waals surface area contributed by atoms with Crippen molar-refractivity contribution in [3.8, 4) is 0 Å². The average Bonchev–Trinajstić information content (AvgIpc) is 3.06. The van der Waals surface area contributed by atoms with Crippen molar-refractivity contribution in [2.75, 3.05) is 0 Å². The third-order valence-corrected chi connectivity index (χ3v) is 6.02. The summed E-state index contributed by atoms with van der Waals surface area (Å²) in [6.07, 6.45) is 6.32. The van der Waals surface area contributed by atoms with E-state index in [1.54, 1.807) is 23.1 Å². The second-order valence-electron chi connectivity index (χ2n) is 4.74. The van der Waals surface area contributed by atoms with E-state index in [0.717, 1.165) is 15.4 Å². The molecule has 0 bridgehead atoms. The van der Waals surface area contributed by atoms with Crippen LogP contribution in [0.3, 0.4) is 0 Å². The highest BCUT2D eigenvalue weighted by molar-refractivity contribution is 9.11. The predicted octanol–water partition coefficient (Wildman–Crippen LogP) is 5.23. The first-order chi connectivity index (χ1) is 9.31. The Balaban J connectivity index is 1.58. The molecule has 0 N–H and O–H groups in total. The molecule has 2 aromatic heterocycles. The lowest BCUT2D eigenvalue weighted by atomic mass is 9.89. The monoisotopic (exact) mass is 358 g/mol. The molecular formula is C13H15BrN2OS2. The van der Waals surface area contributed by atoms with Crippen molar-refractivity contribution in [2.45, 2.75) is 49.0 Å². The molecular weight excluding hydrogens is 344 g/mol. The fourth-order valence-corrected chi connectivity index (χ4v) is 4.65. The van der Waals surface area contributed by atoms with Gasteiger partial charge in [0.15, 0.2) is 0 Å². The van der Waals surface area contributed by atoms with Crippen molar-refractivity contribution in [3.63, 3.8) is 0 Å². The Morgan fingerprint density at radius 1 is 1.26 bits per heavy atom. The molecule has 102 valence electrons. The Morgan fingerprint density at radius 3 is 2.84 bits per heavy atom. The smallest absolute Gasteiger partial charge is 0.276 e. The van der Waals surface area contributed by atoms with Gasteiger partial charge >= 0.3 is 0 Å². The number of rotatable bonds is 4. The Bertz CT molecular complexity index is 534. The summed E-state index contributed by atoms with van der Waals surface area (Å²) >= 11 is 6.84. The fraction of sp³-hybridized carbons (Fsp3) is 0.538. The maximum Gasteiger partial charge on any atom is 0.276 e. The van der Waals surface area contributed by atoms with Crippen molar-refractivity contribution in [1.29, 1.82) is 0 Å². The van der Waals surface area contributed by atoms with Crippen molar-refractivity contribution >= 4 is 39.0 Å². The van der Waals surface area contributed by atoms with E-state index in [9.17, 15) is 0 Å². The molecule has 0 radical (unpaired) electrons. The van der Waals surface area contributed by atoms with Crippen LogP contribution in [-0.2, 0) is 5.75 Å². The third kappa shape index (κ3) is 3.61. The van der Waals surface area contributed by atoms with E-state index in [0.29, 0.717) is 11.1 Å². The van der Waals surface area contributed by atoms with E-state index < -0.39 is 0 Å². The molecule has 0 aromatic carbocycles. The summed E-state index contributed by atoms with van der Waals surface area (Å²) in [4.78, 5) is 1.31. The number of halogens is 1.